The Hall–Kier alpha value is -2.16. The molecule has 2 nitrogen and oxygen atoms in total. The Balaban J connectivity index is 2.21. The van der Waals surface area contributed by atoms with Gasteiger partial charge in [-0.1, -0.05) is 48.9 Å². The molecule has 0 aromatic heterocycles. The summed E-state index contributed by atoms with van der Waals surface area (Å²) in [4.78, 5) is 12.6. The van der Waals surface area contributed by atoms with Gasteiger partial charge in [-0.3, -0.25) is 0 Å². The fourth-order valence-electron chi connectivity index (χ4n) is 3.47. The smallest absolute Gasteiger partial charge is 0.336 e. The summed E-state index contributed by atoms with van der Waals surface area (Å²) in [6.07, 6.45) is 5.19. The summed E-state index contributed by atoms with van der Waals surface area (Å²) >= 11 is 0. The Bertz CT molecular complexity index is 750. The third-order valence-corrected chi connectivity index (χ3v) is 4.59. The summed E-state index contributed by atoms with van der Waals surface area (Å²) in [6, 6.07) is 8.02. The number of ether oxygens (including phenoxy) is 1. The standard InChI is InChI=1S/C20H21FO2/c1-13-7-9-14(10-8-13)16-17(18(22)23-19(16,2)3)20(4)11-5-6-15(21)12-20/h5-11H,12H2,1-4H3. The highest BCUT2D eigenvalue weighted by Crippen LogP contribution is 2.50. The van der Waals surface area contributed by atoms with Gasteiger partial charge in [-0.05, 0) is 32.4 Å². The summed E-state index contributed by atoms with van der Waals surface area (Å²) in [5, 5.41) is 0. The van der Waals surface area contributed by atoms with Gasteiger partial charge in [-0.2, -0.15) is 0 Å². The quantitative estimate of drug-likeness (QED) is 0.726. The van der Waals surface area contributed by atoms with E-state index < -0.39 is 11.0 Å². The van der Waals surface area contributed by atoms with Crippen LogP contribution < -0.4 is 0 Å². The second-order valence-corrected chi connectivity index (χ2v) is 7.08. The molecule has 1 unspecified atom stereocenters. The summed E-state index contributed by atoms with van der Waals surface area (Å²) in [7, 11) is 0. The minimum atomic E-state index is -0.726. The number of hydrogen-bond acceptors (Lipinski definition) is 2. The molecule has 1 aromatic carbocycles. The number of hydrogen-bond donors (Lipinski definition) is 0. The number of allylic oxidation sites excluding steroid dienone is 4. The van der Waals surface area contributed by atoms with Gasteiger partial charge in [0.05, 0.1) is 5.57 Å². The van der Waals surface area contributed by atoms with Crippen LogP contribution in [0.4, 0.5) is 4.39 Å². The topological polar surface area (TPSA) is 26.3 Å². The van der Waals surface area contributed by atoms with Crippen LogP contribution in [0.15, 0.2) is 53.9 Å². The zero-order valence-electron chi connectivity index (χ0n) is 13.9. The Labute approximate surface area is 136 Å². The largest absolute Gasteiger partial charge is 0.451 e. The Morgan fingerprint density at radius 1 is 1.09 bits per heavy atom. The van der Waals surface area contributed by atoms with Gasteiger partial charge in [0.1, 0.15) is 11.4 Å². The van der Waals surface area contributed by atoms with Crippen molar-refractivity contribution in [2.24, 2.45) is 5.41 Å². The average molecular weight is 312 g/mol. The first-order chi connectivity index (χ1) is 10.7. The molecule has 1 aliphatic carbocycles. The first-order valence-corrected chi connectivity index (χ1v) is 7.82. The van der Waals surface area contributed by atoms with Gasteiger partial charge in [0, 0.05) is 17.4 Å². The zero-order chi connectivity index (χ0) is 16.8. The third kappa shape index (κ3) is 2.65. The van der Waals surface area contributed by atoms with E-state index in [-0.39, 0.29) is 18.2 Å². The molecule has 1 heterocycles. The molecule has 0 saturated carbocycles. The summed E-state index contributed by atoms with van der Waals surface area (Å²) in [6.45, 7) is 7.68. The zero-order valence-corrected chi connectivity index (χ0v) is 13.9. The number of rotatable bonds is 2. The normalized spacial score (nSPS) is 26.3. The first-order valence-electron chi connectivity index (χ1n) is 7.82. The van der Waals surface area contributed by atoms with Gasteiger partial charge in [0.2, 0.25) is 0 Å². The van der Waals surface area contributed by atoms with Crippen molar-refractivity contribution < 1.29 is 13.9 Å². The van der Waals surface area contributed by atoms with Crippen molar-refractivity contribution in [2.45, 2.75) is 39.7 Å². The SMILES string of the molecule is Cc1ccc(C2=C(C3(C)C=CC=C(F)C3)C(=O)OC2(C)C)cc1. The molecule has 0 fully saturated rings. The molecular weight excluding hydrogens is 291 g/mol. The van der Waals surface area contributed by atoms with Crippen LogP contribution in [0.1, 0.15) is 38.3 Å². The molecule has 3 heteroatoms. The fraction of sp³-hybridized carbons (Fsp3) is 0.350. The molecule has 0 bridgehead atoms. The number of carbonyl (C=O) groups is 1. The second-order valence-electron chi connectivity index (χ2n) is 7.08. The lowest BCUT2D eigenvalue weighted by molar-refractivity contribution is -0.144. The van der Waals surface area contributed by atoms with Crippen LogP contribution in [0, 0.1) is 12.3 Å². The fourth-order valence-corrected chi connectivity index (χ4v) is 3.47. The van der Waals surface area contributed by atoms with E-state index >= 15 is 0 Å². The maximum Gasteiger partial charge on any atom is 0.336 e. The molecule has 2 aliphatic rings. The van der Waals surface area contributed by atoms with Crippen LogP contribution in [0.25, 0.3) is 5.57 Å². The van der Waals surface area contributed by atoms with Crippen molar-refractivity contribution in [1.82, 2.24) is 0 Å². The molecule has 0 amide bonds. The van der Waals surface area contributed by atoms with Gasteiger partial charge in [-0.15, -0.1) is 0 Å². The highest BCUT2D eigenvalue weighted by molar-refractivity contribution is 6.05. The van der Waals surface area contributed by atoms with Gasteiger partial charge >= 0.3 is 5.97 Å². The lowest BCUT2D eigenvalue weighted by atomic mass is 9.72. The second kappa shape index (κ2) is 5.19. The molecule has 0 radical (unpaired) electrons. The molecule has 0 spiro atoms. The van der Waals surface area contributed by atoms with E-state index in [2.05, 4.69) is 0 Å². The van der Waals surface area contributed by atoms with Crippen molar-refractivity contribution >= 4 is 11.5 Å². The lowest BCUT2D eigenvalue weighted by Crippen LogP contribution is -2.23. The van der Waals surface area contributed by atoms with E-state index in [0.29, 0.717) is 5.57 Å². The van der Waals surface area contributed by atoms with Crippen LogP contribution >= 0.6 is 0 Å². The maximum atomic E-state index is 13.9. The predicted octanol–water partition coefficient (Wildman–Crippen LogP) is 4.90. The van der Waals surface area contributed by atoms with E-state index in [1.54, 1.807) is 6.08 Å². The van der Waals surface area contributed by atoms with E-state index in [1.165, 1.54) is 6.08 Å². The van der Waals surface area contributed by atoms with E-state index in [1.807, 2.05) is 58.0 Å². The molecule has 3 rings (SSSR count). The molecule has 0 saturated heterocycles. The molecule has 120 valence electrons. The third-order valence-electron chi connectivity index (χ3n) is 4.59. The van der Waals surface area contributed by atoms with Gasteiger partial charge in [0.15, 0.2) is 0 Å². The molecular formula is C20H21FO2. The van der Waals surface area contributed by atoms with Crippen LogP contribution in [0.3, 0.4) is 0 Å². The number of benzene rings is 1. The number of cyclic esters (lactones) is 1. The lowest BCUT2D eigenvalue weighted by Gasteiger charge is -2.29. The monoisotopic (exact) mass is 312 g/mol. The summed E-state index contributed by atoms with van der Waals surface area (Å²) in [5.74, 6) is -0.573. The number of aryl methyl sites for hydroxylation is 1. The van der Waals surface area contributed by atoms with Gasteiger partial charge in [-0.25, -0.2) is 9.18 Å². The molecule has 1 atom stereocenters. The van der Waals surface area contributed by atoms with E-state index in [4.69, 9.17) is 4.74 Å². The average Bonchev–Trinajstić information content (AvgIpc) is 2.69. The summed E-state index contributed by atoms with van der Waals surface area (Å²) in [5.41, 5.74) is 2.10. The van der Waals surface area contributed by atoms with Crippen LogP contribution in [-0.4, -0.2) is 11.6 Å². The van der Waals surface area contributed by atoms with Crippen molar-refractivity contribution in [3.63, 3.8) is 0 Å². The minimum Gasteiger partial charge on any atom is -0.451 e. The summed E-state index contributed by atoms with van der Waals surface area (Å²) < 4.78 is 19.5. The first kappa shape index (κ1) is 15.7. The van der Waals surface area contributed by atoms with Crippen molar-refractivity contribution in [3.8, 4) is 0 Å². The molecule has 23 heavy (non-hydrogen) atoms. The number of halogens is 1. The Morgan fingerprint density at radius 3 is 2.35 bits per heavy atom. The molecule has 1 aromatic rings. The number of carbonyl (C=O) groups excluding carboxylic acids is 1. The van der Waals surface area contributed by atoms with E-state index in [0.717, 1.165) is 16.7 Å². The highest BCUT2D eigenvalue weighted by Gasteiger charge is 2.48. The minimum absolute atomic E-state index is 0.180. The molecule has 0 N–H and O–H groups in total. The van der Waals surface area contributed by atoms with E-state index in [9.17, 15) is 9.18 Å². The highest BCUT2D eigenvalue weighted by atomic mass is 19.1. The van der Waals surface area contributed by atoms with Crippen LogP contribution in [-0.2, 0) is 9.53 Å². The molecule has 1 aliphatic heterocycles. The van der Waals surface area contributed by atoms with Gasteiger partial charge < -0.3 is 4.74 Å². The number of esters is 1. The Kier molecular flexibility index (Phi) is 3.55. The predicted molar refractivity (Wildman–Crippen MR) is 89.3 cm³/mol. The Morgan fingerprint density at radius 2 is 1.74 bits per heavy atom. The van der Waals surface area contributed by atoms with Crippen molar-refractivity contribution in [1.29, 1.82) is 0 Å². The maximum absolute atomic E-state index is 13.9. The van der Waals surface area contributed by atoms with Crippen molar-refractivity contribution in [2.75, 3.05) is 0 Å². The van der Waals surface area contributed by atoms with Crippen LogP contribution in [0.2, 0.25) is 0 Å². The van der Waals surface area contributed by atoms with Crippen LogP contribution in [0.5, 0.6) is 0 Å². The van der Waals surface area contributed by atoms with Gasteiger partial charge in [0.25, 0.3) is 0 Å². The van der Waals surface area contributed by atoms with Crippen molar-refractivity contribution in [3.05, 3.63) is 65.0 Å².